The maximum Gasteiger partial charge on any atom is 0.282 e. The van der Waals surface area contributed by atoms with Crippen LogP contribution in [0.3, 0.4) is 0 Å². The van der Waals surface area contributed by atoms with Gasteiger partial charge in [-0.25, -0.2) is 9.97 Å². The molecule has 2 N–H and O–H groups in total. The van der Waals surface area contributed by atoms with Gasteiger partial charge in [0, 0.05) is 43.1 Å². The highest BCUT2D eigenvalue weighted by molar-refractivity contribution is 5.98. The molecule has 12 nitrogen and oxygen atoms in total. The fourth-order valence-electron chi connectivity index (χ4n) is 5.68. The summed E-state index contributed by atoms with van der Waals surface area (Å²) in [5.41, 5.74) is 2.13. The van der Waals surface area contributed by atoms with E-state index < -0.39 is 10.8 Å². The fraction of sp³-hybridized carbons (Fsp3) is 0.483. The minimum Gasteiger partial charge on any atom is -0.493 e. The van der Waals surface area contributed by atoms with E-state index in [1.807, 2.05) is 12.1 Å². The molecule has 3 heterocycles. The zero-order chi connectivity index (χ0) is 28.9. The molecule has 0 saturated carbocycles. The number of anilines is 1. The van der Waals surface area contributed by atoms with Crippen LogP contribution in [0.15, 0.2) is 30.3 Å². The lowest BCUT2D eigenvalue weighted by Crippen LogP contribution is -2.39. The molecule has 0 radical (unpaired) electrons. The number of fused-ring (bicyclic) bond motifs is 1. The van der Waals surface area contributed by atoms with Crippen LogP contribution in [0.1, 0.15) is 40.4 Å². The maximum atomic E-state index is 13.4. The Morgan fingerprint density at radius 2 is 1.85 bits per heavy atom. The van der Waals surface area contributed by atoms with Gasteiger partial charge in [-0.2, -0.15) is 0 Å². The lowest BCUT2D eigenvalue weighted by molar-refractivity contribution is -0.385. The van der Waals surface area contributed by atoms with E-state index >= 15 is 0 Å². The predicted molar refractivity (Wildman–Crippen MR) is 154 cm³/mol. The van der Waals surface area contributed by atoms with Gasteiger partial charge in [0.25, 0.3) is 11.6 Å². The number of benzene rings is 2. The number of nitro benzene ring substituents is 1. The Labute approximate surface area is 238 Å². The van der Waals surface area contributed by atoms with Crippen molar-refractivity contribution in [3.63, 3.8) is 0 Å². The SMILES string of the molecule is COc1cc2nc(N3CCOCC3)nc(C(CNC(=O)c3cc(C)ccc3[N+](=O)[O-])C3CCNCC3)c2cc1OC. The lowest BCUT2D eigenvalue weighted by atomic mass is 9.81. The molecule has 1 amide bonds. The van der Waals surface area contributed by atoms with E-state index in [-0.39, 0.29) is 29.6 Å². The molecule has 3 aromatic rings. The average Bonchev–Trinajstić information content (AvgIpc) is 3.00. The van der Waals surface area contributed by atoms with Crippen molar-refractivity contribution < 1.29 is 23.9 Å². The molecule has 0 aliphatic carbocycles. The highest BCUT2D eigenvalue weighted by Crippen LogP contribution is 2.39. The number of morpholine rings is 1. The monoisotopic (exact) mass is 564 g/mol. The number of piperidine rings is 1. The second-order valence-electron chi connectivity index (χ2n) is 10.4. The van der Waals surface area contributed by atoms with Crippen molar-refractivity contribution in [2.75, 3.05) is 65.1 Å². The van der Waals surface area contributed by atoms with E-state index in [2.05, 4.69) is 15.5 Å². The van der Waals surface area contributed by atoms with Crippen LogP contribution in [-0.2, 0) is 4.74 Å². The molecule has 5 rings (SSSR count). The molecule has 41 heavy (non-hydrogen) atoms. The van der Waals surface area contributed by atoms with Crippen molar-refractivity contribution >= 4 is 28.4 Å². The number of nitro groups is 1. The third-order valence-electron chi connectivity index (χ3n) is 7.89. The first-order valence-corrected chi connectivity index (χ1v) is 13.9. The van der Waals surface area contributed by atoms with E-state index in [0.29, 0.717) is 49.3 Å². The van der Waals surface area contributed by atoms with Crippen molar-refractivity contribution in [3.05, 3.63) is 57.3 Å². The van der Waals surface area contributed by atoms with E-state index in [9.17, 15) is 14.9 Å². The van der Waals surface area contributed by atoms with Gasteiger partial charge in [0.05, 0.1) is 43.6 Å². The highest BCUT2D eigenvalue weighted by atomic mass is 16.6. The average molecular weight is 565 g/mol. The topological polar surface area (TPSA) is 141 Å². The second-order valence-corrected chi connectivity index (χ2v) is 10.4. The summed E-state index contributed by atoms with van der Waals surface area (Å²) < 4.78 is 16.8. The molecule has 0 spiro atoms. The quantitative estimate of drug-likeness (QED) is 0.294. The summed E-state index contributed by atoms with van der Waals surface area (Å²) in [5, 5.41) is 18.9. The molecule has 1 aromatic heterocycles. The first kappa shape index (κ1) is 28.5. The number of aryl methyl sites for hydroxylation is 1. The normalized spacial score (nSPS) is 16.8. The van der Waals surface area contributed by atoms with Crippen LogP contribution in [0.25, 0.3) is 10.9 Å². The Hall–Kier alpha value is -4.03. The molecule has 2 aliphatic rings. The van der Waals surface area contributed by atoms with Crippen molar-refractivity contribution in [2.45, 2.75) is 25.7 Å². The van der Waals surface area contributed by atoms with Gasteiger partial charge in [0.2, 0.25) is 5.95 Å². The molecular formula is C29H36N6O6. The van der Waals surface area contributed by atoms with Crippen molar-refractivity contribution in [3.8, 4) is 11.5 Å². The predicted octanol–water partition coefficient (Wildman–Crippen LogP) is 3.21. The summed E-state index contributed by atoms with van der Waals surface area (Å²) in [5.74, 6) is 1.29. The Morgan fingerprint density at radius 3 is 2.54 bits per heavy atom. The van der Waals surface area contributed by atoms with Gasteiger partial charge >= 0.3 is 0 Å². The first-order chi connectivity index (χ1) is 19.9. The molecule has 1 unspecified atom stereocenters. The number of nitrogens with one attached hydrogen (secondary N) is 2. The number of amides is 1. The molecule has 1 atom stereocenters. The number of nitrogens with zero attached hydrogens (tertiary/aromatic N) is 4. The van der Waals surface area contributed by atoms with Crippen LogP contribution in [0.2, 0.25) is 0 Å². The molecule has 2 fully saturated rings. The van der Waals surface area contributed by atoms with Gasteiger partial charge in [-0.3, -0.25) is 14.9 Å². The fourth-order valence-corrected chi connectivity index (χ4v) is 5.68. The van der Waals surface area contributed by atoms with E-state index in [4.69, 9.17) is 24.2 Å². The molecule has 218 valence electrons. The highest BCUT2D eigenvalue weighted by Gasteiger charge is 2.31. The zero-order valence-electron chi connectivity index (χ0n) is 23.6. The molecule has 2 saturated heterocycles. The number of hydrogen-bond donors (Lipinski definition) is 2. The summed E-state index contributed by atoms with van der Waals surface area (Å²) >= 11 is 0. The minimum atomic E-state index is -0.523. The number of aromatic nitrogens is 2. The number of carbonyl (C=O) groups excluding carboxylic acids is 1. The Kier molecular flexibility index (Phi) is 8.79. The number of ether oxygens (including phenoxy) is 3. The smallest absolute Gasteiger partial charge is 0.282 e. The van der Waals surface area contributed by atoms with Gasteiger partial charge in [-0.1, -0.05) is 6.07 Å². The minimum absolute atomic E-state index is 0.0482. The first-order valence-electron chi connectivity index (χ1n) is 13.9. The van der Waals surface area contributed by atoms with Gasteiger partial charge in [0.15, 0.2) is 11.5 Å². The number of methoxy groups -OCH3 is 2. The standard InChI is InChI=1S/C29H36N6O6/c1-18-4-5-24(35(37)38)21(14-18)28(36)31-17-22(19-6-8-30-9-7-19)27-20-15-25(39-2)26(40-3)16-23(20)32-29(33-27)34-10-12-41-13-11-34/h4-5,14-16,19,22,30H,6-13,17H2,1-3H3,(H,31,36). The van der Waals surface area contributed by atoms with Crippen LogP contribution in [0.4, 0.5) is 11.6 Å². The van der Waals surface area contributed by atoms with Crippen LogP contribution < -0.4 is 25.0 Å². The number of carbonyl (C=O) groups is 1. The van der Waals surface area contributed by atoms with Crippen molar-refractivity contribution in [1.82, 2.24) is 20.6 Å². The van der Waals surface area contributed by atoms with E-state index in [1.54, 1.807) is 33.3 Å². The summed E-state index contributed by atoms with van der Waals surface area (Å²) in [6.45, 7) is 6.30. The molecule has 0 bridgehead atoms. The number of hydrogen-bond acceptors (Lipinski definition) is 10. The Bertz CT molecular complexity index is 1420. The van der Waals surface area contributed by atoms with Gasteiger partial charge in [0.1, 0.15) is 5.56 Å². The Morgan fingerprint density at radius 1 is 1.15 bits per heavy atom. The van der Waals surface area contributed by atoms with Crippen LogP contribution in [-0.4, -0.2) is 81.0 Å². The summed E-state index contributed by atoms with van der Waals surface area (Å²) in [6.07, 6.45) is 1.80. The van der Waals surface area contributed by atoms with Crippen LogP contribution in [0, 0.1) is 23.0 Å². The van der Waals surface area contributed by atoms with Crippen LogP contribution in [0.5, 0.6) is 11.5 Å². The summed E-state index contributed by atoms with van der Waals surface area (Å²) in [4.78, 5) is 36.7. The van der Waals surface area contributed by atoms with E-state index in [1.165, 1.54) is 6.07 Å². The summed E-state index contributed by atoms with van der Waals surface area (Å²) in [7, 11) is 3.18. The second kappa shape index (κ2) is 12.6. The Balaban J connectivity index is 1.58. The van der Waals surface area contributed by atoms with E-state index in [0.717, 1.165) is 42.6 Å². The molecule has 2 aromatic carbocycles. The summed E-state index contributed by atoms with van der Waals surface area (Å²) in [6, 6.07) is 8.32. The molecule has 2 aliphatic heterocycles. The van der Waals surface area contributed by atoms with Gasteiger partial charge < -0.3 is 29.7 Å². The number of rotatable bonds is 9. The van der Waals surface area contributed by atoms with Gasteiger partial charge in [-0.05, 0) is 56.5 Å². The molecular weight excluding hydrogens is 528 g/mol. The third-order valence-corrected chi connectivity index (χ3v) is 7.89. The largest absolute Gasteiger partial charge is 0.493 e. The van der Waals surface area contributed by atoms with Crippen LogP contribution >= 0.6 is 0 Å². The zero-order valence-corrected chi connectivity index (χ0v) is 23.6. The maximum absolute atomic E-state index is 13.4. The third kappa shape index (κ3) is 6.18. The van der Waals surface area contributed by atoms with Crippen molar-refractivity contribution in [1.29, 1.82) is 0 Å². The molecule has 12 heteroatoms. The van der Waals surface area contributed by atoms with Gasteiger partial charge in [-0.15, -0.1) is 0 Å². The van der Waals surface area contributed by atoms with Crippen molar-refractivity contribution in [2.24, 2.45) is 5.92 Å². The lowest BCUT2D eigenvalue weighted by Gasteiger charge is -2.33.